The van der Waals surface area contributed by atoms with Gasteiger partial charge in [-0.15, -0.1) is 0 Å². The summed E-state index contributed by atoms with van der Waals surface area (Å²) < 4.78 is 3.68. The summed E-state index contributed by atoms with van der Waals surface area (Å²) in [4.78, 5) is 2.31. The number of hydrogen-bond donors (Lipinski definition) is 0. The van der Waals surface area contributed by atoms with Crippen molar-refractivity contribution in [1.29, 1.82) is 0 Å². The Morgan fingerprint density at radius 1 is 1.13 bits per heavy atom. The van der Waals surface area contributed by atoms with Gasteiger partial charge in [0.05, 0.1) is 0 Å². The van der Waals surface area contributed by atoms with Crippen LogP contribution in [0.2, 0.25) is 0 Å². The molecule has 3 aromatic rings. The lowest BCUT2D eigenvalue weighted by molar-refractivity contribution is -0.658. The molecule has 0 bridgehead atoms. The van der Waals surface area contributed by atoms with E-state index in [1.807, 2.05) is 17.4 Å². The molecule has 0 radical (unpaired) electrons. The standard InChI is InChI=1S/C26H29N2S.HI/c1-7-15-28-22-16-18(2)19(3)17-23(22)29-25(28)14-10-13-24-26(4,5)20-11-8-9-12-21(20)27(24)6;/h7-14,16-17H,1,15H2,2-6H3;1H/q+1;/p-1. The summed E-state index contributed by atoms with van der Waals surface area (Å²) >= 11 is 1.84. The van der Waals surface area contributed by atoms with Crippen molar-refractivity contribution >= 4 is 33.3 Å². The molecular formula is C26H29IN2S. The highest BCUT2D eigenvalue weighted by atomic mass is 127. The number of hydrogen-bond acceptors (Lipinski definition) is 2. The Balaban J connectivity index is 0.00000256. The van der Waals surface area contributed by atoms with E-state index >= 15 is 0 Å². The number of anilines is 1. The number of benzene rings is 2. The maximum Gasteiger partial charge on any atom is 0.263 e. The van der Waals surface area contributed by atoms with E-state index in [4.69, 9.17) is 0 Å². The summed E-state index contributed by atoms with van der Waals surface area (Å²) in [7, 11) is 2.16. The van der Waals surface area contributed by atoms with Crippen LogP contribution < -0.4 is 33.4 Å². The fourth-order valence-electron chi connectivity index (χ4n) is 4.32. The summed E-state index contributed by atoms with van der Waals surface area (Å²) in [5.74, 6) is 0. The monoisotopic (exact) mass is 528 g/mol. The van der Waals surface area contributed by atoms with Crippen LogP contribution in [-0.4, -0.2) is 7.05 Å². The molecule has 30 heavy (non-hydrogen) atoms. The third-order valence-electron chi connectivity index (χ3n) is 6.09. The van der Waals surface area contributed by atoms with Crippen molar-refractivity contribution in [1.82, 2.24) is 0 Å². The average molecular weight is 529 g/mol. The number of aryl methyl sites for hydroxylation is 2. The van der Waals surface area contributed by atoms with Gasteiger partial charge in [-0.3, -0.25) is 0 Å². The van der Waals surface area contributed by atoms with E-state index < -0.39 is 0 Å². The molecular weight excluding hydrogens is 499 g/mol. The van der Waals surface area contributed by atoms with Gasteiger partial charge in [-0.05, 0) is 54.8 Å². The van der Waals surface area contributed by atoms with Gasteiger partial charge in [0.25, 0.3) is 5.01 Å². The predicted molar refractivity (Wildman–Crippen MR) is 127 cm³/mol. The first kappa shape index (κ1) is 22.8. The van der Waals surface area contributed by atoms with Crippen molar-refractivity contribution in [2.75, 3.05) is 11.9 Å². The minimum Gasteiger partial charge on any atom is -1.00 e. The quantitative estimate of drug-likeness (QED) is 0.287. The van der Waals surface area contributed by atoms with Crippen molar-refractivity contribution in [3.05, 3.63) is 88.6 Å². The van der Waals surface area contributed by atoms with Gasteiger partial charge in [-0.1, -0.05) is 56.0 Å². The maximum absolute atomic E-state index is 3.96. The average Bonchev–Trinajstić information content (AvgIpc) is 3.10. The van der Waals surface area contributed by atoms with Crippen LogP contribution in [-0.2, 0) is 12.0 Å². The second-order valence-corrected chi connectivity index (χ2v) is 9.42. The first-order valence-electron chi connectivity index (χ1n) is 10.1. The molecule has 0 N–H and O–H groups in total. The number of aromatic nitrogens is 1. The van der Waals surface area contributed by atoms with Crippen LogP contribution in [0.4, 0.5) is 5.69 Å². The van der Waals surface area contributed by atoms with E-state index in [1.54, 1.807) is 0 Å². The molecule has 1 aliphatic heterocycles. The summed E-state index contributed by atoms with van der Waals surface area (Å²) in [5.41, 5.74) is 7.96. The minimum absolute atomic E-state index is 0. The van der Waals surface area contributed by atoms with Crippen LogP contribution in [0, 0.1) is 13.8 Å². The lowest BCUT2D eigenvalue weighted by Crippen LogP contribution is -3.00. The molecule has 1 aromatic heterocycles. The first-order chi connectivity index (χ1) is 13.8. The fourth-order valence-corrected chi connectivity index (χ4v) is 5.48. The normalized spacial score (nSPS) is 16.3. The van der Waals surface area contributed by atoms with Crippen LogP contribution in [0.3, 0.4) is 0 Å². The number of allylic oxidation sites excluding steroid dienone is 4. The summed E-state index contributed by atoms with van der Waals surface area (Å²) in [6.07, 6.45) is 8.67. The molecule has 4 heteroatoms. The molecule has 1 aliphatic rings. The number of para-hydroxylation sites is 1. The Hall–Kier alpha value is -1.92. The Morgan fingerprint density at radius 2 is 1.83 bits per heavy atom. The van der Waals surface area contributed by atoms with Gasteiger partial charge < -0.3 is 28.9 Å². The topological polar surface area (TPSA) is 7.12 Å². The van der Waals surface area contributed by atoms with Crippen molar-refractivity contribution in [2.24, 2.45) is 0 Å². The third-order valence-corrected chi connectivity index (χ3v) is 7.20. The Labute approximate surface area is 201 Å². The Kier molecular flexibility index (Phi) is 6.58. The SMILES string of the molecule is C=CC[n+]1c(/C=C/C=C2\N(C)c3ccccc3C2(C)C)sc2cc(C)c(C)cc21.[I-]. The van der Waals surface area contributed by atoms with E-state index in [9.17, 15) is 0 Å². The van der Waals surface area contributed by atoms with Gasteiger partial charge in [0.15, 0.2) is 6.54 Å². The zero-order chi connectivity index (χ0) is 20.8. The second kappa shape index (κ2) is 8.67. The fraction of sp³-hybridized carbons (Fsp3) is 0.269. The molecule has 2 aromatic carbocycles. The van der Waals surface area contributed by atoms with E-state index in [1.165, 1.54) is 43.3 Å². The number of thiazole rings is 1. The molecule has 4 rings (SSSR count). The lowest BCUT2D eigenvalue weighted by atomic mass is 9.84. The smallest absolute Gasteiger partial charge is 0.263 e. The predicted octanol–water partition coefficient (Wildman–Crippen LogP) is 3.32. The molecule has 0 atom stereocenters. The number of rotatable bonds is 4. The number of fused-ring (bicyclic) bond motifs is 2. The largest absolute Gasteiger partial charge is 1.00 e. The van der Waals surface area contributed by atoms with Crippen molar-refractivity contribution < 1.29 is 28.5 Å². The zero-order valence-corrected chi connectivity index (χ0v) is 21.3. The second-order valence-electron chi connectivity index (χ2n) is 8.36. The zero-order valence-electron chi connectivity index (χ0n) is 18.4. The van der Waals surface area contributed by atoms with Crippen LogP contribution in [0.25, 0.3) is 16.3 Å². The molecule has 0 fully saturated rings. The lowest BCUT2D eigenvalue weighted by Gasteiger charge is -2.23. The van der Waals surface area contributed by atoms with Gasteiger partial charge in [0.2, 0.25) is 5.52 Å². The highest BCUT2D eigenvalue weighted by molar-refractivity contribution is 7.18. The van der Waals surface area contributed by atoms with Crippen molar-refractivity contribution in [3.8, 4) is 0 Å². The Morgan fingerprint density at radius 3 is 2.53 bits per heavy atom. The van der Waals surface area contributed by atoms with Crippen molar-refractivity contribution in [2.45, 2.75) is 39.7 Å². The molecule has 0 spiro atoms. The van der Waals surface area contributed by atoms with Gasteiger partial charge in [-0.2, -0.15) is 4.57 Å². The molecule has 0 aliphatic carbocycles. The summed E-state index contributed by atoms with van der Waals surface area (Å²) in [6.45, 7) is 13.7. The Bertz CT molecular complexity index is 1170. The highest BCUT2D eigenvalue weighted by Gasteiger charge is 2.37. The van der Waals surface area contributed by atoms with E-state index in [0.717, 1.165) is 6.54 Å². The molecule has 0 amide bonds. The molecule has 156 valence electrons. The minimum atomic E-state index is 0. The number of halogens is 1. The molecule has 0 saturated heterocycles. The molecule has 0 saturated carbocycles. The summed E-state index contributed by atoms with van der Waals surface area (Å²) in [5, 5.41) is 1.25. The maximum atomic E-state index is 3.96. The summed E-state index contributed by atoms with van der Waals surface area (Å²) in [6, 6.07) is 13.3. The van der Waals surface area contributed by atoms with E-state index in [0.29, 0.717) is 0 Å². The van der Waals surface area contributed by atoms with Gasteiger partial charge in [0.1, 0.15) is 4.70 Å². The molecule has 2 heterocycles. The van der Waals surface area contributed by atoms with Crippen LogP contribution in [0.1, 0.15) is 35.5 Å². The van der Waals surface area contributed by atoms with Gasteiger partial charge in [0, 0.05) is 36.0 Å². The van der Waals surface area contributed by atoms with Crippen molar-refractivity contribution in [3.63, 3.8) is 0 Å². The highest BCUT2D eigenvalue weighted by Crippen LogP contribution is 2.46. The van der Waals surface area contributed by atoms with E-state index in [2.05, 4.69) is 105 Å². The van der Waals surface area contributed by atoms with Gasteiger partial charge >= 0.3 is 0 Å². The van der Waals surface area contributed by atoms with Crippen LogP contribution in [0.5, 0.6) is 0 Å². The van der Waals surface area contributed by atoms with Crippen LogP contribution >= 0.6 is 11.3 Å². The number of nitrogens with zero attached hydrogens (tertiary/aromatic N) is 2. The first-order valence-corrected chi connectivity index (χ1v) is 10.9. The third kappa shape index (κ3) is 3.76. The van der Waals surface area contributed by atoms with Gasteiger partial charge in [-0.25, -0.2) is 0 Å². The molecule has 0 unspecified atom stereocenters. The van der Waals surface area contributed by atoms with Crippen LogP contribution in [0.15, 0.2) is 66.9 Å². The number of likely N-dealkylation sites (N-methyl/N-ethyl adjacent to an activating group) is 1. The molecule has 2 nitrogen and oxygen atoms in total. The van der Waals surface area contributed by atoms with E-state index in [-0.39, 0.29) is 29.4 Å².